The molecule has 5 nitrogen and oxygen atoms in total. The first-order chi connectivity index (χ1) is 12.3. The van der Waals surface area contributed by atoms with Crippen LogP contribution in [0.4, 0.5) is 0 Å². The van der Waals surface area contributed by atoms with Crippen molar-refractivity contribution in [1.82, 2.24) is 14.4 Å². The number of furan rings is 1. The molecule has 0 saturated heterocycles. The average molecular weight is 329 g/mol. The van der Waals surface area contributed by atoms with Gasteiger partial charge in [-0.05, 0) is 42.5 Å². The minimum absolute atomic E-state index is 0.0981. The highest BCUT2D eigenvalue weighted by Gasteiger charge is 2.09. The van der Waals surface area contributed by atoms with Crippen LogP contribution in [0.5, 0.6) is 0 Å². The van der Waals surface area contributed by atoms with Crippen molar-refractivity contribution in [3.05, 3.63) is 72.9 Å². The van der Waals surface area contributed by atoms with Crippen molar-refractivity contribution in [2.45, 2.75) is 6.61 Å². The fourth-order valence-corrected chi connectivity index (χ4v) is 3.11. The van der Waals surface area contributed by atoms with Gasteiger partial charge in [-0.25, -0.2) is 4.98 Å². The Kier molecular flexibility index (Phi) is 3.02. The van der Waals surface area contributed by atoms with E-state index in [-0.39, 0.29) is 6.61 Å². The number of imidazole rings is 1. The molecule has 1 aromatic carbocycles. The number of nitrogens with one attached hydrogen (secondary N) is 1. The van der Waals surface area contributed by atoms with E-state index in [1.807, 2.05) is 41.2 Å². The summed E-state index contributed by atoms with van der Waals surface area (Å²) in [5.74, 6) is 1.29. The Hall–Kier alpha value is -3.31. The van der Waals surface area contributed by atoms with Crippen LogP contribution >= 0.6 is 0 Å². The van der Waals surface area contributed by atoms with Gasteiger partial charge < -0.3 is 18.9 Å². The number of hydrogen-bond donors (Lipinski definition) is 2. The number of benzene rings is 1. The lowest BCUT2D eigenvalue weighted by atomic mass is 10.1. The summed E-state index contributed by atoms with van der Waals surface area (Å²) < 4.78 is 7.60. The molecule has 4 heterocycles. The van der Waals surface area contributed by atoms with E-state index in [4.69, 9.17) is 14.5 Å². The van der Waals surface area contributed by atoms with Gasteiger partial charge in [0.2, 0.25) is 0 Å². The first-order valence-corrected chi connectivity index (χ1v) is 8.06. The number of aromatic nitrogens is 3. The van der Waals surface area contributed by atoms with Crippen molar-refractivity contribution in [3.63, 3.8) is 0 Å². The van der Waals surface area contributed by atoms with Gasteiger partial charge >= 0.3 is 0 Å². The minimum atomic E-state index is -0.0981. The molecule has 0 unspecified atom stereocenters. The van der Waals surface area contributed by atoms with E-state index in [2.05, 4.69) is 29.2 Å². The molecule has 0 bridgehead atoms. The van der Waals surface area contributed by atoms with Gasteiger partial charge in [-0.3, -0.25) is 0 Å². The van der Waals surface area contributed by atoms with E-state index in [1.165, 1.54) is 5.39 Å². The fraction of sp³-hybridized carbons (Fsp3) is 0.0500. The van der Waals surface area contributed by atoms with Crippen LogP contribution in [0.15, 0.2) is 71.5 Å². The summed E-state index contributed by atoms with van der Waals surface area (Å²) in [6, 6.07) is 15.9. The fourth-order valence-electron chi connectivity index (χ4n) is 3.11. The predicted molar refractivity (Wildman–Crippen MR) is 96.1 cm³/mol. The Balaban J connectivity index is 1.58. The highest BCUT2D eigenvalue weighted by Crippen LogP contribution is 2.26. The van der Waals surface area contributed by atoms with Gasteiger partial charge in [0.05, 0.1) is 5.69 Å². The van der Waals surface area contributed by atoms with Crippen LogP contribution in [-0.2, 0) is 6.61 Å². The first-order valence-electron chi connectivity index (χ1n) is 8.06. The van der Waals surface area contributed by atoms with Gasteiger partial charge in [-0.2, -0.15) is 0 Å². The van der Waals surface area contributed by atoms with Crippen LogP contribution in [0.3, 0.4) is 0 Å². The molecule has 0 aliphatic carbocycles. The highest BCUT2D eigenvalue weighted by atomic mass is 16.4. The van der Waals surface area contributed by atoms with E-state index in [9.17, 15) is 0 Å². The van der Waals surface area contributed by atoms with E-state index >= 15 is 0 Å². The van der Waals surface area contributed by atoms with Gasteiger partial charge in [0.25, 0.3) is 0 Å². The molecule has 0 saturated carbocycles. The maximum atomic E-state index is 9.15. The zero-order chi connectivity index (χ0) is 16.8. The number of hydrogen-bond acceptors (Lipinski definition) is 3. The second-order valence-electron chi connectivity index (χ2n) is 6.01. The van der Waals surface area contributed by atoms with Crippen LogP contribution in [0.25, 0.3) is 39.1 Å². The topological polar surface area (TPSA) is 66.5 Å². The molecule has 25 heavy (non-hydrogen) atoms. The number of aromatic amines is 1. The Morgan fingerprint density at radius 1 is 1.00 bits per heavy atom. The van der Waals surface area contributed by atoms with Crippen molar-refractivity contribution >= 4 is 16.6 Å². The van der Waals surface area contributed by atoms with Crippen LogP contribution in [-0.4, -0.2) is 19.5 Å². The summed E-state index contributed by atoms with van der Waals surface area (Å²) in [5, 5.41) is 10.3. The summed E-state index contributed by atoms with van der Waals surface area (Å²) in [6.45, 7) is -0.0981. The second-order valence-corrected chi connectivity index (χ2v) is 6.01. The molecule has 0 atom stereocenters. The number of fused-ring (bicyclic) bond motifs is 2. The zero-order valence-corrected chi connectivity index (χ0v) is 13.3. The highest BCUT2D eigenvalue weighted by molar-refractivity contribution is 5.84. The summed E-state index contributed by atoms with van der Waals surface area (Å²) >= 11 is 0. The Bertz CT molecular complexity index is 1200. The van der Waals surface area contributed by atoms with Crippen molar-refractivity contribution in [2.75, 3.05) is 0 Å². The SMILES string of the molecule is OCc1ccc(-c2ccc3nc(-c4ccc5[nH]ccc5c4)cn3c2)o1. The van der Waals surface area contributed by atoms with Crippen LogP contribution in [0, 0.1) is 0 Å². The van der Waals surface area contributed by atoms with E-state index < -0.39 is 0 Å². The molecule has 0 amide bonds. The molecule has 122 valence electrons. The number of H-pyrrole nitrogens is 1. The number of aliphatic hydroxyl groups is 1. The quantitative estimate of drug-likeness (QED) is 0.520. The van der Waals surface area contributed by atoms with Gasteiger partial charge in [0.15, 0.2) is 0 Å². The minimum Gasteiger partial charge on any atom is -0.459 e. The lowest BCUT2D eigenvalue weighted by molar-refractivity contribution is 0.248. The van der Waals surface area contributed by atoms with Gasteiger partial charge in [0.1, 0.15) is 23.8 Å². The zero-order valence-electron chi connectivity index (χ0n) is 13.3. The van der Waals surface area contributed by atoms with Crippen LogP contribution in [0.1, 0.15) is 5.76 Å². The molecule has 5 heteroatoms. The van der Waals surface area contributed by atoms with Crippen LogP contribution in [0.2, 0.25) is 0 Å². The van der Waals surface area contributed by atoms with Crippen molar-refractivity contribution in [2.24, 2.45) is 0 Å². The number of aliphatic hydroxyl groups excluding tert-OH is 1. The molecule has 5 rings (SSSR count). The standard InChI is InChI=1S/C20H15N3O2/c24-12-16-3-5-19(25-16)15-2-6-20-22-18(11-23(20)10-15)13-1-4-17-14(9-13)7-8-21-17/h1-11,21,24H,12H2. The molecule has 0 radical (unpaired) electrons. The number of pyridine rings is 1. The summed E-state index contributed by atoms with van der Waals surface area (Å²) in [7, 11) is 0. The molecule has 4 aromatic heterocycles. The number of rotatable bonds is 3. The van der Waals surface area contributed by atoms with Crippen LogP contribution < -0.4 is 0 Å². The summed E-state index contributed by atoms with van der Waals surface area (Å²) in [5.41, 5.74) is 4.94. The average Bonchev–Trinajstić information content (AvgIpc) is 3.37. The third-order valence-corrected chi connectivity index (χ3v) is 4.40. The lowest BCUT2D eigenvalue weighted by Gasteiger charge is -1.98. The smallest absolute Gasteiger partial charge is 0.137 e. The molecule has 5 aromatic rings. The van der Waals surface area contributed by atoms with Gasteiger partial charge in [-0.1, -0.05) is 6.07 Å². The van der Waals surface area contributed by atoms with E-state index in [0.717, 1.165) is 33.7 Å². The third kappa shape index (κ3) is 2.33. The summed E-state index contributed by atoms with van der Waals surface area (Å²) in [6.07, 6.45) is 5.94. The largest absolute Gasteiger partial charge is 0.459 e. The normalized spacial score (nSPS) is 11.6. The second kappa shape index (κ2) is 5.36. The van der Waals surface area contributed by atoms with Gasteiger partial charge in [0, 0.05) is 40.6 Å². The Morgan fingerprint density at radius 3 is 2.80 bits per heavy atom. The van der Waals surface area contributed by atoms with E-state index in [0.29, 0.717) is 5.76 Å². The molecule has 0 aliphatic heterocycles. The maximum Gasteiger partial charge on any atom is 0.137 e. The monoisotopic (exact) mass is 329 g/mol. The number of nitrogens with zero attached hydrogens (tertiary/aromatic N) is 2. The molecular formula is C20H15N3O2. The van der Waals surface area contributed by atoms with Crippen molar-refractivity contribution in [3.8, 4) is 22.6 Å². The Labute approximate surface area is 143 Å². The molecular weight excluding hydrogens is 314 g/mol. The van der Waals surface area contributed by atoms with E-state index in [1.54, 1.807) is 6.07 Å². The first kappa shape index (κ1) is 14.1. The molecule has 0 fully saturated rings. The third-order valence-electron chi connectivity index (χ3n) is 4.40. The Morgan fingerprint density at radius 2 is 1.92 bits per heavy atom. The van der Waals surface area contributed by atoms with Crippen molar-refractivity contribution in [1.29, 1.82) is 0 Å². The molecule has 2 N–H and O–H groups in total. The lowest BCUT2D eigenvalue weighted by Crippen LogP contribution is -1.84. The summed E-state index contributed by atoms with van der Waals surface area (Å²) in [4.78, 5) is 7.92. The predicted octanol–water partition coefficient (Wildman–Crippen LogP) is 4.23. The maximum absolute atomic E-state index is 9.15. The molecule has 0 aliphatic rings. The van der Waals surface area contributed by atoms with Gasteiger partial charge in [-0.15, -0.1) is 0 Å². The molecule has 0 spiro atoms. The van der Waals surface area contributed by atoms with Crippen molar-refractivity contribution < 1.29 is 9.52 Å².